The van der Waals surface area contributed by atoms with E-state index in [2.05, 4.69) is 5.92 Å². The van der Waals surface area contributed by atoms with E-state index in [0.29, 0.717) is 0 Å². The highest BCUT2D eigenvalue weighted by Crippen LogP contribution is 2.29. The van der Waals surface area contributed by atoms with E-state index in [1.807, 2.05) is 0 Å². The third-order valence-corrected chi connectivity index (χ3v) is 2.22. The molecule has 0 aliphatic carbocycles. The predicted molar refractivity (Wildman–Crippen MR) is 62.0 cm³/mol. The molecule has 0 amide bonds. The molecular formula is C12H11ClO3. The fraction of sp³-hybridized carbons (Fsp3) is 0.250. The fourth-order valence-electron chi connectivity index (χ4n) is 1.10. The summed E-state index contributed by atoms with van der Waals surface area (Å²) >= 11 is 5.78. The normalized spacial score (nSPS) is 10.6. The fourth-order valence-corrected chi connectivity index (χ4v) is 1.35. The summed E-state index contributed by atoms with van der Waals surface area (Å²) in [5, 5.41) is 9.12. The molecule has 0 aliphatic rings. The lowest BCUT2D eigenvalue weighted by Crippen LogP contribution is -2.26. The summed E-state index contributed by atoms with van der Waals surface area (Å²) in [6.07, 6.45) is 5.26. The Morgan fingerprint density at radius 3 is 2.69 bits per heavy atom. The molecule has 0 aromatic heterocycles. The number of aromatic carboxylic acids is 1. The van der Waals surface area contributed by atoms with Crippen LogP contribution in [0.1, 0.15) is 24.2 Å². The van der Waals surface area contributed by atoms with Crippen LogP contribution in [-0.4, -0.2) is 16.7 Å². The Morgan fingerprint density at radius 1 is 1.56 bits per heavy atom. The first kappa shape index (κ1) is 12.4. The van der Waals surface area contributed by atoms with E-state index >= 15 is 0 Å². The molecular weight excluding hydrogens is 228 g/mol. The second kappa shape index (κ2) is 4.46. The maximum absolute atomic E-state index is 11.0. The molecule has 0 saturated carbocycles. The van der Waals surface area contributed by atoms with Crippen molar-refractivity contribution in [1.82, 2.24) is 0 Å². The van der Waals surface area contributed by atoms with Crippen LogP contribution < -0.4 is 4.74 Å². The zero-order chi connectivity index (χ0) is 12.3. The lowest BCUT2D eigenvalue weighted by molar-refractivity contribution is 0.0687. The molecule has 4 heteroatoms. The molecule has 1 aromatic carbocycles. The molecule has 1 N–H and O–H groups in total. The molecule has 1 rings (SSSR count). The Hall–Kier alpha value is -1.66. The number of carboxylic acids is 1. The number of hydrogen-bond donors (Lipinski definition) is 1. The third kappa shape index (κ3) is 2.68. The summed E-state index contributed by atoms with van der Waals surface area (Å²) < 4.78 is 5.42. The summed E-state index contributed by atoms with van der Waals surface area (Å²) in [4.78, 5) is 11.0. The Balaban J connectivity index is 3.21. The van der Waals surface area contributed by atoms with Crippen molar-refractivity contribution in [2.75, 3.05) is 0 Å². The average Bonchev–Trinajstić information content (AvgIpc) is 2.16. The number of hydrogen-bond acceptors (Lipinski definition) is 2. The van der Waals surface area contributed by atoms with E-state index in [1.165, 1.54) is 12.1 Å². The lowest BCUT2D eigenvalue weighted by atomic mass is 10.1. The van der Waals surface area contributed by atoms with E-state index < -0.39 is 11.6 Å². The van der Waals surface area contributed by atoms with Crippen molar-refractivity contribution in [2.24, 2.45) is 0 Å². The molecule has 16 heavy (non-hydrogen) atoms. The van der Waals surface area contributed by atoms with Gasteiger partial charge in [-0.3, -0.25) is 0 Å². The second-order valence-electron chi connectivity index (χ2n) is 3.67. The molecule has 3 nitrogen and oxygen atoms in total. The van der Waals surface area contributed by atoms with Crippen LogP contribution in [0.25, 0.3) is 0 Å². The summed E-state index contributed by atoms with van der Waals surface area (Å²) in [7, 11) is 0. The first-order valence-corrected chi connectivity index (χ1v) is 4.94. The lowest BCUT2D eigenvalue weighted by Gasteiger charge is -2.21. The SMILES string of the molecule is C#CC(C)(C)Oc1cccc(Cl)c1C(=O)O. The molecule has 0 unspecified atom stereocenters. The average molecular weight is 239 g/mol. The highest BCUT2D eigenvalue weighted by atomic mass is 35.5. The van der Waals surface area contributed by atoms with Crippen LogP contribution in [0.15, 0.2) is 18.2 Å². The van der Waals surface area contributed by atoms with Crippen molar-refractivity contribution in [3.8, 4) is 18.1 Å². The zero-order valence-electron chi connectivity index (χ0n) is 8.95. The van der Waals surface area contributed by atoms with Gasteiger partial charge < -0.3 is 9.84 Å². The van der Waals surface area contributed by atoms with Gasteiger partial charge in [0.05, 0.1) is 5.02 Å². The Labute approximate surface area is 99.0 Å². The van der Waals surface area contributed by atoms with Crippen LogP contribution in [0.3, 0.4) is 0 Å². The molecule has 0 saturated heterocycles. The molecule has 1 aromatic rings. The van der Waals surface area contributed by atoms with Crippen molar-refractivity contribution < 1.29 is 14.6 Å². The minimum Gasteiger partial charge on any atom is -0.478 e. The number of halogens is 1. The van der Waals surface area contributed by atoms with Gasteiger partial charge in [-0.2, -0.15) is 0 Å². The number of carbonyl (C=O) groups is 1. The Bertz CT molecular complexity index is 458. The summed E-state index contributed by atoms with van der Waals surface area (Å²) in [6.45, 7) is 3.33. The van der Waals surface area contributed by atoms with E-state index in [0.717, 1.165) is 0 Å². The van der Waals surface area contributed by atoms with Gasteiger partial charge in [0.1, 0.15) is 11.3 Å². The van der Waals surface area contributed by atoms with Crippen LogP contribution >= 0.6 is 11.6 Å². The van der Waals surface area contributed by atoms with Crippen LogP contribution in [0.5, 0.6) is 5.75 Å². The highest BCUT2D eigenvalue weighted by molar-refractivity contribution is 6.33. The minimum absolute atomic E-state index is 0.0764. The molecule has 0 spiro atoms. The van der Waals surface area contributed by atoms with Gasteiger partial charge in [0.2, 0.25) is 0 Å². The first-order chi connectivity index (χ1) is 7.37. The van der Waals surface area contributed by atoms with Crippen molar-refractivity contribution in [3.05, 3.63) is 28.8 Å². The molecule has 0 radical (unpaired) electrons. The number of terminal acetylenes is 1. The van der Waals surface area contributed by atoms with E-state index in [1.54, 1.807) is 19.9 Å². The largest absolute Gasteiger partial charge is 0.478 e. The van der Waals surface area contributed by atoms with Gasteiger partial charge in [0, 0.05) is 0 Å². The van der Waals surface area contributed by atoms with Gasteiger partial charge in [0.25, 0.3) is 0 Å². The van der Waals surface area contributed by atoms with Gasteiger partial charge in [0.15, 0.2) is 5.60 Å². The van der Waals surface area contributed by atoms with E-state index in [9.17, 15) is 4.79 Å². The van der Waals surface area contributed by atoms with Crippen LogP contribution in [0.4, 0.5) is 0 Å². The van der Waals surface area contributed by atoms with E-state index in [4.69, 9.17) is 27.9 Å². The van der Waals surface area contributed by atoms with Crippen LogP contribution in [0, 0.1) is 12.3 Å². The van der Waals surface area contributed by atoms with Gasteiger partial charge in [-0.1, -0.05) is 23.6 Å². The predicted octanol–water partition coefficient (Wildman–Crippen LogP) is 2.83. The summed E-state index contributed by atoms with van der Waals surface area (Å²) in [5.41, 5.74) is -0.956. The van der Waals surface area contributed by atoms with Gasteiger partial charge in [-0.15, -0.1) is 6.42 Å². The smallest absolute Gasteiger partial charge is 0.341 e. The Morgan fingerprint density at radius 2 is 2.19 bits per heavy atom. The monoisotopic (exact) mass is 238 g/mol. The summed E-state index contributed by atoms with van der Waals surface area (Å²) in [6, 6.07) is 4.62. The van der Waals surface area contributed by atoms with Crippen molar-refractivity contribution in [2.45, 2.75) is 19.4 Å². The van der Waals surface area contributed by atoms with Crippen molar-refractivity contribution in [1.29, 1.82) is 0 Å². The Kier molecular flexibility index (Phi) is 3.46. The number of benzene rings is 1. The van der Waals surface area contributed by atoms with Gasteiger partial charge in [-0.05, 0) is 26.0 Å². The molecule has 84 valence electrons. The minimum atomic E-state index is -1.14. The number of ether oxygens (including phenoxy) is 1. The first-order valence-electron chi connectivity index (χ1n) is 4.56. The molecule has 0 fully saturated rings. The van der Waals surface area contributed by atoms with Crippen molar-refractivity contribution >= 4 is 17.6 Å². The highest BCUT2D eigenvalue weighted by Gasteiger charge is 2.22. The van der Waals surface area contributed by atoms with Crippen LogP contribution in [-0.2, 0) is 0 Å². The summed E-state index contributed by atoms with van der Waals surface area (Å²) in [5.74, 6) is 1.44. The molecule has 0 aliphatic heterocycles. The van der Waals surface area contributed by atoms with Crippen LogP contribution in [0.2, 0.25) is 5.02 Å². The van der Waals surface area contributed by atoms with E-state index in [-0.39, 0.29) is 16.3 Å². The molecule has 0 atom stereocenters. The van der Waals surface area contributed by atoms with Gasteiger partial charge >= 0.3 is 5.97 Å². The molecule has 0 heterocycles. The third-order valence-electron chi connectivity index (χ3n) is 1.90. The maximum Gasteiger partial charge on any atom is 0.341 e. The number of rotatable bonds is 3. The topological polar surface area (TPSA) is 46.5 Å². The second-order valence-corrected chi connectivity index (χ2v) is 4.08. The van der Waals surface area contributed by atoms with Crippen molar-refractivity contribution in [3.63, 3.8) is 0 Å². The maximum atomic E-state index is 11.0. The van der Waals surface area contributed by atoms with Gasteiger partial charge in [-0.25, -0.2) is 4.79 Å². The number of carboxylic acid groups (broad SMARTS) is 1. The molecule has 0 bridgehead atoms. The standard InChI is InChI=1S/C12H11ClO3/c1-4-12(2,3)16-9-7-5-6-8(13)10(9)11(14)15/h1,5-7H,2-3H3,(H,14,15). The quantitative estimate of drug-likeness (QED) is 0.824. The zero-order valence-corrected chi connectivity index (χ0v) is 9.71.